The molecule has 2 rings (SSSR count). The number of hydrogen-bond acceptors (Lipinski definition) is 2. The molecule has 0 amide bonds. The van der Waals surface area contributed by atoms with E-state index in [4.69, 9.17) is 5.26 Å². The number of nitrogens with zero attached hydrogens (tertiary/aromatic N) is 1. The van der Waals surface area contributed by atoms with Crippen molar-refractivity contribution in [3.05, 3.63) is 29.3 Å². The molecule has 0 fully saturated rings. The fraction of sp³-hybridized carbons (Fsp3) is 0.417. The topological polar surface area (TPSA) is 35.8 Å². The molecule has 1 N–H and O–H groups in total. The highest BCUT2D eigenvalue weighted by molar-refractivity contribution is 5.57. The SMILES string of the molecule is CC1(C)CCc2cc(C#N)ccc2N1. The fourth-order valence-electron chi connectivity index (χ4n) is 1.87. The van der Waals surface area contributed by atoms with Crippen molar-refractivity contribution in [3.8, 4) is 6.07 Å². The number of benzene rings is 1. The molecular formula is C12H14N2. The third-order valence-corrected chi connectivity index (χ3v) is 2.73. The van der Waals surface area contributed by atoms with Gasteiger partial charge in [0.15, 0.2) is 0 Å². The van der Waals surface area contributed by atoms with Crippen LogP contribution in [0.25, 0.3) is 0 Å². The Bertz CT molecular complexity index is 399. The maximum Gasteiger partial charge on any atom is 0.0991 e. The lowest BCUT2D eigenvalue weighted by atomic mass is 9.89. The van der Waals surface area contributed by atoms with E-state index in [0.29, 0.717) is 0 Å². The van der Waals surface area contributed by atoms with Crippen molar-refractivity contribution < 1.29 is 0 Å². The average molecular weight is 186 g/mol. The quantitative estimate of drug-likeness (QED) is 0.676. The van der Waals surface area contributed by atoms with Crippen molar-refractivity contribution in [2.75, 3.05) is 5.32 Å². The van der Waals surface area contributed by atoms with E-state index in [0.717, 1.165) is 18.4 Å². The third kappa shape index (κ3) is 1.58. The first-order valence-electron chi connectivity index (χ1n) is 4.92. The molecule has 0 unspecified atom stereocenters. The summed E-state index contributed by atoms with van der Waals surface area (Å²) in [6, 6.07) is 8.03. The number of nitrogens with one attached hydrogen (secondary N) is 1. The highest BCUT2D eigenvalue weighted by Gasteiger charge is 2.23. The Morgan fingerprint density at radius 2 is 2.21 bits per heavy atom. The normalized spacial score (nSPS) is 17.8. The predicted octanol–water partition coefficient (Wildman–Crippen LogP) is 2.69. The maximum absolute atomic E-state index is 8.77. The number of aryl methyl sites for hydroxylation is 1. The summed E-state index contributed by atoms with van der Waals surface area (Å²) >= 11 is 0. The van der Waals surface area contributed by atoms with Gasteiger partial charge in [0.1, 0.15) is 0 Å². The van der Waals surface area contributed by atoms with Gasteiger partial charge in [0.25, 0.3) is 0 Å². The summed E-state index contributed by atoms with van der Waals surface area (Å²) < 4.78 is 0. The molecule has 2 nitrogen and oxygen atoms in total. The van der Waals surface area contributed by atoms with Crippen LogP contribution in [-0.2, 0) is 6.42 Å². The molecule has 1 aromatic rings. The molecule has 0 bridgehead atoms. The van der Waals surface area contributed by atoms with Crippen LogP contribution in [0.3, 0.4) is 0 Å². The standard InChI is InChI=1S/C12H14N2/c1-12(2)6-5-10-7-9(8-13)3-4-11(10)14-12/h3-4,7,14H,5-6H2,1-2H3. The van der Waals surface area contributed by atoms with Crippen molar-refractivity contribution in [1.82, 2.24) is 0 Å². The van der Waals surface area contributed by atoms with E-state index in [2.05, 4.69) is 25.2 Å². The van der Waals surface area contributed by atoms with E-state index in [9.17, 15) is 0 Å². The van der Waals surface area contributed by atoms with Crippen LogP contribution in [0.15, 0.2) is 18.2 Å². The molecule has 1 aliphatic heterocycles. The largest absolute Gasteiger partial charge is 0.380 e. The summed E-state index contributed by atoms with van der Waals surface area (Å²) in [4.78, 5) is 0. The number of hydrogen-bond donors (Lipinski definition) is 1. The molecule has 0 saturated carbocycles. The molecule has 2 heteroatoms. The third-order valence-electron chi connectivity index (χ3n) is 2.73. The zero-order valence-electron chi connectivity index (χ0n) is 8.59. The second-order valence-corrected chi connectivity index (χ2v) is 4.49. The van der Waals surface area contributed by atoms with Crippen molar-refractivity contribution in [1.29, 1.82) is 5.26 Å². The van der Waals surface area contributed by atoms with Gasteiger partial charge in [-0.1, -0.05) is 0 Å². The Kier molecular flexibility index (Phi) is 1.96. The Balaban J connectivity index is 2.38. The lowest BCUT2D eigenvalue weighted by molar-refractivity contribution is 0.502. The van der Waals surface area contributed by atoms with Gasteiger partial charge in [0.2, 0.25) is 0 Å². The number of nitriles is 1. The molecule has 1 aromatic carbocycles. The van der Waals surface area contributed by atoms with Crippen LogP contribution in [0.4, 0.5) is 5.69 Å². The minimum Gasteiger partial charge on any atom is -0.380 e. The molecule has 0 aromatic heterocycles. The van der Waals surface area contributed by atoms with Crippen molar-refractivity contribution in [2.24, 2.45) is 0 Å². The van der Waals surface area contributed by atoms with E-state index < -0.39 is 0 Å². The van der Waals surface area contributed by atoms with Crippen LogP contribution < -0.4 is 5.32 Å². The Morgan fingerprint density at radius 1 is 1.43 bits per heavy atom. The molecule has 1 heterocycles. The molecule has 0 radical (unpaired) electrons. The summed E-state index contributed by atoms with van der Waals surface area (Å²) in [7, 11) is 0. The van der Waals surface area contributed by atoms with Gasteiger partial charge in [-0.25, -0.2) is 0 Å². The molecule has 0 spiro atoms. The van der Waals surface area contributed by atoms with Crippen LogP contribution in [0, 0.1) is 11.3 Å². The Morgan fingerprint density at radius 3 is 2.93 bits per heavy atom. The molecule has 14 heavy (non-hydrogen) atoms. The lowest BCUT2D eigenvalue weighted by Gasteiger charge is -2.33. The Hall–Kier alpha value is -1.49. The molecule has 0 aliphatic carbocycles. The second kappa shape index (κ2) is 3.02. The maximum atomic E-state index is 8.77. The van der Waals surface area contributed by atoms with E-state index in [1.807, 2.05) is 18.2 Å². The predicted molar refractivity (Wildman–Crippen MR) is 57.2 cm³/mol. The molecular weight excluding hydrogens is 172 g/mol. The first-order chi connectivity index (χ1) is 6.61. The van der Waals surface area contributed by atoms with Gasteiger partial charge in [0, 0.05) is 11.2 Å². The van der Waals surface area contributed by atoms with E-state index in [-0.39, 0.29) is 5.54 Å². The molecule has 0 saturated heterocycles. The second-order valence-electron chi connectivity index (χ2n) is 4.49. The van der Waals surface area contributed by atoms with E-state index in [1.165, 1.54) is 11.3 Å². The minimum absolute atomic E-state index is 0.182. The van der Waals surface area contributed by atoms with Crippen LogP contribution in [0.5, 0.6) is 0 Å². The first kappa shape index (κ1) is 9.08. The monoisotopic (exact) mass is 186 g/mol. The molecule has 0 atom stereocenters. The van der Waals surface area contributed by atoms with E-state index in [1.54, 1.807) is 0 Å². The van der Waals surface area contributed by atoms with Crippen LogP contribution in [0.1, 0.15) is 31.4 Å². The Labute approximate surface area is 84.6 Å². The zero-order valence-corrected chi connectivity index (χ0v) is 8.59. The van der Waals surface area contributed by atoms with Gasteiger partial charge in [-0.3, -0.25) is 0 Å². The highest BCUT2D eigenvalue weighted by Crippen LogP contribution is 2.30. The van der Waals surface area contributed by atoms with Gasteiger partial charge in [-0.15, -0.1) is 0 Å². The number of fused-ring (bicyclic) bond motifs is 1. The first-order valence-corrected chi connectivity index (χ1v) is 4.92. The van der Waals surface area contributed by atoms with Gasteiger partial charge in [0.05, 0.1) is 11.6 Å². The summed E-state index contributed by atoms with van der Waals surface area (Å²) in [6.07, 6.45) is 2.18. The van der Waals surface area contributed by atoms with E-state index >= 15 is 0 Å². The zero-order chi connectivity index (χ0) is 10.2. The lowest BCUT2D eigenvalue weighted by Crippen LogP contribution is -2.35. The summed E-state index contributed by atoms with van der Waals surface area (Å²) in [6.45, 7) is 4.41. The van der Waals surface area contributed by atoms with Gasteiger partial charge in [-0.2, -0.15) is 5.26 Å². The van der Waals surface area contributed by atoms with Gasteiger partial charge < -0.3 is 5.32 Å². The number of rotatable bonds is 0. The van der Waals surface area contributed by atoms with Gasteiger partial charge in [-0.05, 0) is 50.5 Å². The summed E-state index contributed by atoms with van der Waals surface area (Å²) in [5, 5.41) is 12.2. The van der Waals surface area contributed by atoms with Crippen LogP contribution in [-0.4, -0.2) is 5.54 Å². The molecule has 72 valence electrons. The van der Waals surface area contributed by atoms with Crippen molar-refractivity contribution >= 4 is 5.69 Å². The summed E-state index contributed by atoms with van der Waals surface area (Å²) in [5.41, 5.74) is 3.38. The molecule has 1 aliphatic rings. The highest BCUT2D eigenvalue weighted by atomic mass is 15.0. The summed E-state index contributed by atoms with van der Waals surface area (Å²) in [5.74, 6) is 0. The smallest absolute Gasteiger partial charge is 0.0991 e. The van der Waals surface area contributed by atoms with Crippen molar-refractivity contribution in [3.63, 3.8) is 0 Å². The van der Waals surface area contributed by atoms with Crippen LogP contribution >= 0.6 is 0 Å². The number of anilines is 1. The van der Waals surface area contributed by atoms with Crippen molar-refractivity contribution in [2.45, 2.75) is 32.2 Å². The minimum atomic E-state index is 0.182. The average Bonchev–Trinajstić information content (AvgIpc) is 2.16. The van der Waals surface area contributed by atoms with Gasteiger partial charge >= 0.3 is 0 Å². The van der Waals surface area contributed by atoms with Crippen LogP contribution in [0.2, 0.25) is 0 Å². The fourth-order valence-corrected chi connectivity index (χ4v) is 1.87.